The van der Waals surface area contributed by atoms with E-state index in [4.69, 9.17) is 9.47 Å². The number of benzene rings is 2. The van der Waals surface area contributed by atoms with Crippen molar-refractivity contribution in [3.63, 3.8) is 0 Å². The minimum atomic E-state index is -0.457. The van der Waals surface area contributed by atoms with E-state index >= 15 is 0 Å². The fraction of sp³-hybridized carbons (Fsp3) is 0.533. The van der Waals surface area contributed by atoms with E-state index in [2.05, 4.69) is 17.4 Å². The number of aryl methyl sites for hydroxylation is 1. The summed E-state index contributed by atoms with van der Waals surface area (Å²) in [7, 11) is 0. The molecule has 1 N–H and O–H groups in total. The zero-order valence-corrected chi connectivity index (χ0v) is 22.1. The van der Waals surface area contributed by atoms with E-state index in [1.165, 1.54) is 0 Å². The molecule has 3 rings (SSSR count). The van der Waals surface area contributed by atoms with Crippen LogP contribution in [0.4, 0.5) is 0 Å². The van der Waals surface area contributed by atoms with Gasteiger partial charge in [0.15, 0.2) is 11.5 Å². The van der Waals surface area contributed by atoms with Crippen LogP contribution in [0.3, 0.4) is 0 Å². The number of rotatable bonds is 14. The fourth-order valence-electron chi connectivity index (χ4n) is 4.91. The Morgan fingerprint density at radius 2 is 1.61 bits per heavy atom. The third-order valence-corrected chi connectivity index (χ3v) is 6.81. The molecule has 1 saturated carbocycles. The molecule has 0 unspecified atom stereocenters. The summed E-state index contributed by atoms with van der Waals surface area (Å²) in [5, 5.41) is 3.21. The van der Waals surface area contributed by atoms with E-state index < -0.39 is 6.04 Å². The maximum absolute atomic E-state index is 13.5. The maximum Gasteiger partial charge on any atom is 0.243 e. The van der Waals surface area contributed by atoms with E-state index in [-0.39, 0.29) is 17.9 Å². The van der Waals surface area contributed by atoms with Crippen LogP contribution in [0.5, 0.6) is 11.5 Å². The predicted molar refractivity (Wildman–Crippen MR) is 143 cm³/mol. The lowest BCUT2D eigenvalue weighted by Gasteiger charge is -2.31. The summed E-state index contributed by atoms with van der Waals surface area (Å²) in [4.78, 5) is 28.6. The second-order valence-corrected chi connectivity index (χ2v) is 9.38. The average molecular weight is 495 g/mol. The number of nitrogens with zero attached hydrogens (tertiary/aromatic N) is 1. The minimum Gasteiger partial charge on any atom is -0.490 e. The van der Waals surface area contributed by atoms with Gasteiger partial charge >= 0.3 is 0 Å². The van der Waals surface area contributed by atoms with Crippen molar-refractivity contribution < 1.29 is 19.1 Å². The number of hydrogen-bond acceptors (Lipinski definition) is 4. The summed E-state index contributed by atoms with van der Waals surface area (Å²) in [6.45, 7) is 7.51. The number of nitrogens with one attached hydrogen (secondary N) is 1. The van der Waals surface area contributed by atoms with Gasteiger partial charge in [0.05, 0.1) is 13.2 Å². The highest BCUT2D eigenvalue weighted by molar-refractivity contribution is 5.88. The van der Waals surface area contributed by atoms with Crippen molar-refractivity contribution >= 4 is 11.8 Å². The third-order valence-electron chi connectivity index (χ3n) is 6.81. The molecular weight excluding hydrogens is 452 g/mol. The molecule has 0 aliphatic heterocycles. The highest BCUT2D eigenvalue weighted by Gasteiger charge is 2.30. The summed E-state index contributed by atoms with van der Waals surface area (Å²) in [6.07, 6.45) is 6.60. The monoisotopic (exact) mass is 494 g/mol. The van der Waals surface area contributed by atoms with Crippen molar-refractivity contribution in [3.05, 3.63) is 59.7 Å². The molecule has 1 fully saturated rings. The summed E-state index contributed by atoms with van der Waals surface area (Å²) < 4.78 is 11.4. The van der Waals surface area contributed by atoms with Gasteiger partial charge < -0.3 is 19.7 Å². The Kier molecular flexibility index (Phi) is 11.1. The Hall–Kier alpha value is -3.02. The SMILES string of the molecule is CCOc1ccc(CCC(=O)N(CCc2ccccc2)[C@@H](CC)C(=O)NC2CCCC2)cc1OCC. The van der Waals surface area contributed by atoms with Crippen molar-refractivity contribution in [2.45, 2.75) is 84.2 Å². The summed E-state index contributed by atoms with van der Waals surface area (Å²) in [5.74, 6) is 1.40. The first-order chi connectivity index (χ1) is 17.5. The lowest BCUT2D eigenvalue weighted by molar-refractivity contribution is -0.141. The van der Waals surface area contributed by atoms with Crippen molar-refractivity contribution in [1.82, 2.24) is 10.2 Å². The van der Waals surface area contributed by atoms with E-state index in [0.717, 1.165) is 43.2 Å². The van der Waals surface area contributed by atoms with Crippen molar-refractivity contribution in [2.24, 2.45) is 0 Å². The van der Waals surface area contributed by atoms with Crippen LogP contribution in [-0.2, 0) is 22.4 Å². The molecule has 2 aromatic carbocycles. The molecule has 0 spiro atoms. The first-order valence-corrected chi connectivity index (χ1v) is 13.6. The Morgan fingerprint density at radius 3 is 2.28 bits per heavy atom. The van der Waals surface area contributed by atoms with Gasteiger partial charge in [0, 0.05) is 19.0 Å². The van der Waals surface area contributed by atoms with Crippen LogP contribution in [0.15, 0.2) is 48.5 Å². The Labute approximate surface area is 216 Å². The smallest absolute Gasteiger partial charge is 0.243 e. The van der Waals surface area contributed by atoms with Crippen molar-refractivity contribution in [1.29, 1.82) is 0 Å². The van der Waals surface area contributed by atoms with E-state index in [1.54, 1.807) is 4.90 Å². The van der Waals surface area contributed by atoms with Crippen LogP contribution in [0.1, 0.15) is 70.4 Å². The van der Waals surface area contributed by atoms with Crippen LogP contribution in [-0.4, -0.2) is 48.6 Å². The summed E-state index contributed by atoms with van der Waals surface area (Å²) in [6, 6.07) is 15.8. The third kappa shape index (κ3) is 8.00. The number of hydrogen-bond donors (Lipinski definition) is 1. The van der Waals surface area contributed by atoms with Crippen molar-refractivity contribution in [2.75, 3.05) is 19.8 Å². The van der Waals surface area contributed by atoms with Gasteiger partial charge in [0.1, 0.15) is 6.04 Å². The Morgan fingerprint density at radius 1 is 0.917 bits per heavy atom. The number of ether oxygens (including phenoxy) is 2. The second-order valence-electron chi connectivity index (χ2n) is 9.38. The lowest BCUT2D eigenvalue weighted by Crippen LogP contribution is -2.51. The predicted octanol–water partition coefficient (Wildman–Crippen LogP) is 5.33. The molecule has 1 aliphatic rings. The van der Waals surface area contributed by atoms with Gasteiger partial charge in [-0.25, -0.2) is 0 Å². The molecule has 1 atom stereocenters. The zero-order valence-electron chi connectivity index (χ0n) is 22.1. The van der Waals surface area contributed by atoms with Gasteiger partial charge in [-0.15, -0.1) is 0 Å². The molecule has 6 nitrogen and oxygen atoms in total. The van der Waals surface area contributed by atoms with E-state index in [0.29, 0.717) is 50.5 Å². The second kappa shape index (κ2) is 14.5. The van der Waals surface area contributed by atoms with Gasteiger partial charge in [-0.1, -0.05) is 56.2 Å². The van der Waals surface area contributed by atoms with Gasteiger partial charge in [-0.3, -0.25) is 9.59 Å². The Bertz CT molecular complexity index is 957. The molecule has 0 radical (unpaired) electrons. The molecule has 0 bridgehead atoms. The van der Waals surface area contributed by atoms with E-state index in [9.17, 15) is 9.59 Å². The minimum absolute atomic E-state index is 0.00574. The quantitative estimate of drug-likeness (QED) is 0.386. The van der Waals surface area contributed by atoms with Gasteiger partial charge in [-0.05, 0) is 69.2 Å². The van der Waals surface area contributed by atoms with Crippen LogP contribution in [0.2, 0.25) is 0 Å². The molecule has 0 heterocycles. The van der Waals surface area contributed by atoms with Crippen LogP contribution in [0, 0.1) is 0 Å². The Balaban J connectivity index is 1.71. The molecule has 1 aliphatic carbocycles. The number of carbonyl (C=O) groups excluding carboxylic acids is 2. The fourth-order valence-corrected chi connectivity index (χ4v) is 4.91. The van der Waals surface area contributed by atoms with Gasteiger partial charge in [-0.2, -0.15) is 0 Å². The normalized spacial score (nSPS) is 14.3. The molecule has 196 valence electrons. The zero-order chi connectivity index (χ0) is 25.8. The molecule has 6 heteroatoms. The summed E-state index contributed by atoms with van der Waals surface area (Å²) >= 11 is 0. The molecule has 2 aromatic rings. The highest BCUT2D eigenvalue weighted by Crippen LogP contribution is 2.29. The molecule has 0 aromatic heterocycles. The van der Waals surface area contributed by atoms with Crippen LogP contribution >= 0.6 is 0 Å². The maximum atomic E-state index is 13.5. The first kappa shape index (κ1) is 27.6. The highest BCUT2D eigenvalue weighted by atomic mass is 16.5. The molecule has 36 heavy (non-hydrogen) atoms. The number of amides is 2. The first-order valence-electron chi connectivity index (χ1n) is 13.6. The lowest BCUT2D eigenvalue weighted by atomic mass is 10.0. The molecule has 2 amide bonds. The average Bonchev–Trinajstić information content (AvgIpc) is 3.40. The van der Waals surface area contributed by atoms with E-state index in [1.807, 2.05) is 57.2 Å². The number of carbonyl (C=O) groups is 2. The largest absolute Gasteiger partial charge is 0.490 e. The molecule has 0 saturated heterocycles. The van der Waals surface area contributed by atoms with Crippen molar-refractivity contribution in [3.8, 4) is 11.5 Å². The van der Waals surface area contributed by atoms with Crippen LogP contribution < -0.4 is 14.8 Å². The summed E-state index contributed by atoms with van der Waals surface area (Å²) in [5.41, 5.74) is 2.18. The standard InChI is InChI=1S/C30H42N2O4/c1-4-26(30(34)31-25-14-10-11-15-25)32(21-20-23-12-8-7-9-13-23)29(33)19-17-24-16-18-27(35-5-2)28(22-24)36-6-3/h7-9,12-13,16,18,22,25-26H,4-6,10-11,14-15,17,19-21H2,1-3H3,(H,31,34)/t26-/m0/s1. The topological polar surface area (TPSA) is 67.9 Å². The molecular formula is C30H42N2O4. The van der Waals surface area contributed by atoms with Gasteiger partial charge in [0.25, 0.3) is 0 Å². The van der Waals surface area contributed by atoms with Gasteiger partial charge in [0.2, 0.25) is 11.8 Å². The van der Waals surface area contributed by atoms with Crippen LogP contribution in [0.25, 0.3) is 0 Å².